The van der Waals surface area contributed by atoms with Crippen LogP contribution < -0.4 is 10.5 Å². The molecule has 6 heteroatoms. The summed E-state index contributed by atoms with van der Waals surface area (Å²) in [5.74, 6) is -0.203. The van der Waals surface area contributed by atoms with Crippen molar-refractivity contribution in [3.05, 3.63) is 64.1 Å². The highest BCUT2D eigenvalue weighted by Crippen LogP contribution is 2.29. The third-order valence-electron chi connectivity index (χ3n) is 4.50. The second-order valence-corrected chi connectivity index (χ2v) is 6.76. The van der Waals surface area contributed by atoms with Crippen LogP contribution in [0, 0.1) is 0 Å². The van der Waals surface area contributed by atoms with Crippen LogP contribution in [0.25, 0.3) is 10.8 Å². The molecule has 1 aromatic heterocycles. The van der Waals surface area contributed by atoms with Crippen molar-refractivity contribution in [2.75, 3.05) is 17.7 Å². The molecule has 0 aliphatic carbocycles. The first kappa shape index (κ1) is 15.9. The zero-order valence-electron chi connectivity index (χ0n) is 13.8. The molecule has 0 radical (unpaired) electrons. The first-order chi connectivity index (χ1) is 12.2. The number of hydrogen-bond acceptors (Lipinski definition) is 4. The zero-order valence-corrected chi connectivity index (χ0v) is 14.6. The molecule has 2 heterocycles. The van der Waals surface area contributed by atoms with Crippen LogP contribution in [0.2, 0.25) is 0 Å². The minimum Gasteiger partial charge on any atom is -0.306 e. The summed E-state index contributed by atoms with van der Waals surface area (Å²) in [7, 11) is 0. The van der Waals surface area contributed by atoms with Crippen LogP contribution in [0.15, 0.2) is 52.4 Å². The number of carbonyl (C=O) groups is 1. The van der Waals surface area contributed by atoms with E-state index < -0.39 is 0 Å². The van der Waals surface area contributed by atoms with E-state index in [1.165, 1.54) is 11.8 Å². The second kappa shape index (κ2) is 6.37. The Morgan fingerprint density at radius 3 is 2.76 bits per heavy atom. The smallest absolute Gasteiger partial charge is 0.277 e. The van der Waals surface area contributed by atoms with Gasteiger partial charge in [-0.15, -0.1) is 0 Å². The van der Waals surface area contributed by atoms with Gasteiger partial charge in [0.1, 0.15) is 5.69 Å². The van der Waals surface area contributed by atoms with Gasteiger partial charge in [0, 0.05) is 17.5 Å². The molecule has 2 aromatic carbocycles. The Balaban J connectivity index is 1.88. The van der Waals surface area contributed by atoms with Crippen LogP contribution >= 0.6 is 11.8 Å². The predicted molar refractivity (Wildman–Crippen MR) is 101 cm³/mol. The number of fused-ring (bicyclic) bond motifs is 2. The molecule has 1 aliphatic heterocycles. The van der Waals surface area contributed by atoms with Crippen molar-refractivity contribution in [3.8, 4) is 0 Å². The Kier molecular flexibility index (Phi) is 4.05. The first-order valence-electron chi connectivity index (χ1n) is 8.16. The lowest BCUT2D eigenvalue weighted by molar-refractivity contribution is 0.0983. The lowest BCUT2D eigenvalue weighted by Crippen LogP contribution is -2.32. The van der Waals surface area contributed by atoms with Gasteiger partial charge in [0.2, 0.25) is 0 Å². The van der Waals surface area contributed by atoms with Gasteiger partial charge in [-0.1, -0.05) is 48.2 Å². The van der Waals surface area contributed by atoms with Crippen LogP contribution in [0.3, 0.4) is 0 Å². The molecule has 0 bridgehead atoms. The summed E-state index contributed by atoms with van der Waals surface area (Å²) >= 11 is 1.33. The maximum absolute atomic E-state index is 13.2. The van der Waals surface area contributed by atoms with Crippen molar-refractivity contribution in [3.63, 3.8) is 0 Å². The number of hydrogen-bond donors (Lipinski definition) is 1. The van der Waals surface area contributed by atoms with Crippen molar-refractivity contribution >= 4 is 34.1 Å². The van der Waals surface area contributed by atoms with Gasteiger partial charge in [0.05, 0.1) is 5.69 Å². The van der Waals surface area contributed by atoms with Gasteiger partial charge in [-0.05, 0) is 30.6 Å². The number of anilines is 1. The maximum atomic E-state index is 13.2. The summed E-state index contributed by atoms with van der Waals surface area (Å²) in [4.78, 5) is 34.4. The number of amides is 1. The van der Waals surface area contributed by atoms with Crippen LogP contribution in [0.1, 0.15) is 22.5 Å². The molecule has 0 atom stereocenters. The molecule has 0 saturated carbocycles. The number of nitrogens with zero attached hydrogens (tertiary/aromatic N) is 2. The van der Waals surface area contributed by atoms with E-state index in [-0.39, 0.29) is 17.2 Å². The monoisotopic (exact) mass is 351 g/mol. The third kappa shape index (κ3) is 2.72. The summed E-state index contributed by atoms with van der Waals surface area (Å²) in [6.07, 6.45) is 3.11. The standard InChI is InChI=1S/C19H17N3O2S/c1-25-19-20-16-14(17(23)21-19)9-5-11-22(18(16)24)15-10-4-7-12-6-2-3-8-13(12)15/h2-4,6-8,10H,5,9,11H2,1H3,(H,20,21,23). The van der Waals surface area contributed by atoms with E-state index in [9.17, 15) is 9.59 Å². The molecule has 1 amide bonds. The summed E-state index contributed by atoms with van der Waals surface area (Å²) in [5.41, 5.74) is 1.43. The Hall–Kier alpha value is -2.60. The number of nitrogens with one attached hydrogen (secondary N) is 1. The van der Waals surface area contributed by atoms with Crippen molar-refractivity contribution in [2.24, 2.45) is 0 Å². The summed E-state index contributed by atoms with van der Waals surface area (Å²) in [6.45, 7) is 0.567. The Labute approximate surface area is 149 Å². The van der Waals surface area contributed by atoms with Gasteiger partial charge in [0.25, 0.3) is 11.5 Å². The Morgan fingerprint density at radius 1 is 1.12 bits per heavy atom. The minimum atomic E-state index is -0.206. The van der Waals surface area contributed by atoms with Crippen LogP contribution in [-0.2, 0) is 6.42 Å². The normalized spacial score (nSPS) is 14.4. The van der Waals surface area contributed by atoms with Gasteiger partial charge < -0.3 is 9.88 Å². The average molecular weight is 351 g/mol. The lowest BCUT2D eigenvalue weighted by atomic mass is 10.1. The fraction of sp³-hybridized carbons (Fsp3) is 0.211. The molecule has 1 aliphatic rings. The molecule has 0 unspecified atom stereocenters. The lowest BCUT2D eigenvalue weighted by Gasteiger charge is -2.22. The van der Waals surface area contributed by atoms with Crippen molar-refractivity contribution in [1.82, 2.24) is 9.97 Å². The molecule has 0 fully saturated rings. The second-order valence-electron chi connectivity index (χ2n) is 5.96. The van der Waals surface area contributed by atoms with Gasteiger partial charge in [0.15, 0.2) is 5.16 Å². The average Bonchev–Trinajstić information content (AvgIpc) is 2.81. The molecule has 0 spiro atoms. The zero-order chi connectivity index (χ0) is 17.4. The predicted octanol–water partition coefficient (Wildman–Crippen LogP) is 3.24. The van der Waals surface area contributed by atoms with Crippen molar-refractivity contribution in [2.45, 2.75) is 18.0 Å². The van der Waals surface area contributed by atoms with Crippen LogP contribution in [-0.4, -0.2) is 28.7 Å². The number of carbonyl (C=O) groups excluding carboxylic acids is 1. The number of H-pyrrole nitrogens is 1. The van der Waals surface area contributed by atoms with Gasteiger partial charge in [-0.3, -0.25) is 9.59 Å². The summed E-state index contributed by atoms with van der Waals surface area (Å²) < 4.78 is 0. The summed E-state index contributed by atoms with van der Waals surface area (Å²) in [6, 6.07) is 13.9. The van der Waals surface area contributed by atoms with E-state index in [2.05, 4.69) is 9.97 Å². The van der Waals surface area contributed by atoms with Crippen molar-refractivity contribution in [1.29, 1.82) is 0 Å². The molecule has 3 aromatic rings. The highest BCUT2D eigenvalue weighted by Gasteiger charge is 2.28. The molecular formula is C19H17N3O2S. The number of aromatic nitrogens is 2. The fourth-order valence-electron chi connectivity index (χ4n) is 3.30. The van der Waals surface area contributed by atoms with Crippen LogP contribution in [0.4, 0.5) is 5.69 Å². The molecule has 0 saturated heterocycles. The molecule has 1 N–H and O–H groups in total. The van der Waals surface area contributed by atoms with E-state index in [0.29, 0.717) is 23.7 Å². The highest BCUT2D eigenvalue weighted by molar-refractivity contribution is 7.98. The number of benzene rings is 2. The van der Waals surface area contributed by atoms with Crippen LogP contribution in [0.5, 0.6) is 0 Å². The molecule has 126 valence electrons. The van der Waals surface area contributed by atoms with Gasteiger partial charge in [-0.25, -0.2) is 4.98 Å². The molecule has 5 nitrogen and oxygen atoms in total. The topological polar surface area (TPSA) is 66.1 Å². The Morgan fingerprint density at radius 2 is 1.92 bits per heavy atom. The maximum Gasteiger partial charge on any atom is 0.277 e. The number of thioether (sulfide) groups is 1. The number of aromatic amines is 1. The SMILES string of the molecule is CSc1nc2c(c(=O)[nH]1)CCCN(c1cccc3ccccc13)C2=O. The minimum absolute atomic E-state index is 0.203. The van der Waals surface area contributed by atoms with Gasteiger partial charge >= 0.3 is 0 Å². The first-order valence-corrected chi connectivity index (χ1v) is 9.38. The van der Waals surface area contributed by atoms with E-state index in [1.807, 2.05) is 48.7 Å². The number of rotatable bonds is 2. The summed E-state index contributed by atoms with van der Waals surface area (Å²) in [5, 5.41) is 2.58. The quantitative estimate of drug-likeness (QED) is 0.569. The molecular weight excluding hydrogens is 334 g/mol. The van der Waals surface area contributed by atoms with E-state index in [1.54, 1.807) is 4.90 Å². The van der Waals surface area contributed by atoms with Gasteiger partial charge in [-0.2, -0.15) is 0 Å². The van der Waals surface area contributed by atoms with E-state index in [0.717, 1.165) is 22.9 Å². The largest absolute Gasteiger partial charge is 0.306 e. The van der Waals surface area contributed by atoms with E-state index in [4.69, 9.17) is 0 Å². The molecule has 25 heavy (non-hydrogen) atoms. The third-order valence-corrected chi connectivity index (χ3v) is 5.08. The molecule has 4 rings (SSSR count). The van der Waals surface area contributed by atoms with E-state index >= 15 is 0 Å². The highest BCUT2D eigenvalue weighted by atomic mass is 32.2. The Bertz CT molecular complexity index is 1020. The van der Waals surface area contributed by atoms with Crippen molar-refractivity contribution < 1.29 is 4.79 Å². The fourth-order valence-corrected chi connectivity index (χ4v) is 3.68.